The molecular formula is C21H24N9O10P. The molecule has 3 saturated heterocycles. The first-order valence-corrected chi connectivity index (χ1v) is 14.0. The number of phosphoric acid groups is 1. The molecule has 3 fully saturated rings. The number of aliphatic hydroxyl groups is 2. The van der Waals surface area contributed by atoms with Gasteiger partial charge in [-0.1, -0.05) is 0 Å². The van der Waals surface area contributed by atoms with Crippen molar-refractivity contribution in [2.75, 3.05) is 18.9 Å². The van der Waals surface area contributed by atoms with E-state index < -0.39 is 69.1 Å². The molecule has 4 aromatic rings. The Morgan fingerprint density at radius 2 is 1.95 bits per heavy atom. The van der Waals surface area contributed by atoms with Gasteiger partial charge in [0.25, 0.3) is 5.56 Å². The van der Waals surface area contributed by atoms with Crippen LogP contribution in [0.25, 0.3) is 22.2 Å². The van der Waals surface area contributed by atoms with Crippen LogP contribution < -0.4 is 11.3 Å². The van der Waals surface area contributed by atoms with Crippen LogP contribution in [0.15, 0.2) is 30.0 Å². The van der Waals surface area contributed by atoms with E-state index in [1.165, 1.54) is 23.4 Å². The molecule has 0 radical (unpaired) electrons. The number of nitrogens with one attached hydrogen (secondary N) is 1. The fraction of sp³-hybridized carbons (Fsp3) is 0.524. The highest BCUT2D eigenvalue weighted by Gasteiger charge is 2.52. The van der Waals surface area contributed by atoms with E-state index in [0.29, 0.717) is 11.2 Å². The molecule has 0 saturated carbocycles. The zero-order valence-corrected chi connectivity index (χ0v) is 21.8. The fourth-order valence-electron chi connectivity index (χ4n) is 5.40. The van der Waals surface area contributed by atoms with Gasteiger partial charge < -0.3 is 40.0 Å². The maximum absolute atomic E-state index is 13.1. The first-order valence-electron chi connectivity index (χ1n) is 12.5. The second-order valence-electron chi connectivity index (χ2n) is 9.74. The lowest BCUT2D eigenvalue weighted by Gasteiger charge is -2.26. The Hall–Kier alpha value is -3.39. The molecule has 20 heteroatoms. The number of anilines is 1. The SMILES string of the molecule is Nc1ncnc2c1ncn2[C@@H]1O[C@@H]2COP(=O)(O)O[C@@H]3[C@H](O)C(OCC[C@H]2[C@H]1O)O[C@H]3n1ncc2c(=O)[nH]cnc21. The van der Waals surface area contributed by atoms with Gasteiger partial charge in [-0.25, -0.2) is 29.2 Å². The number of hydrogen-bond donors (Lipinski definition) is 5. The summed E-state index contributed by atoms with van der Waals surface area (Å²) in [4.78, 5) is 41.6. The fourth-order valence-corrected chi connectivity index (χ4v) is 6.33. The van der Waals surface area contributed by atoms with Crippen LogP contribution in [0.2, 0.25) is 0 Å². The number of aromatic nitrogens is 8. The lowest BCUT2D eigenvalue weighted by Crippen LogP contribution is -2.37. The summed E-state index contributed by atoms with van der Waals surface area (Å²) in [5.41, 5.74) is 6.16. The highest BCUT2D eigenvalue weighted by molar-refractivity contribution is 7.47. The number of fused-ring (bicyclic) bond motifs is 5. The molecular weight excluding hydrogens is 569 g/mol. The van der Waals surface area contributed by atoms with E-state index in [0.717, 1.165) is 11.0 Å². The first kappa shape index (κ1) is 26.5. The van der Waals surface area contributed by atoms with Crippen LogP contribution in [0.4, 0.5) is 5.82 Å². The van der Waals surface area contributed by atoms with E-state index in [1.807, 2.05) is 0 Å². The van der Waals surface area contributed by atoms with Gasteiger partial charge in [0, 0.05) is 5.92 Å². The number of aromatic amines is 1. The second-order valence-corrected chi connectivity index (χ2v) is 11.1. The van der Waals surface area contributed by atoms with Crippen molar-refractivity contribution in [2.45, 2.75) is 49.6 Å². The summed E-state index contributed by atoms with van der Waals surface area (Å²) in [6.07, 6.45) is -3.43. The van der Waals surface area contributed by atoms with Crippen molar-refractivity contribution in [3.05, 3.63) is 35.5 Å². The molecule has 7 rings (SSSR count). The predicted octanol–water partition coefficient (Wildman–Crippen LogP) is -1.45. The van der Waals surface area contributed by atoms with E-state index in [9.17, 15) is 24.5 Å². The number of nitrogens with two attached hydrogens (primary N) is 1. The molecule has 4 aromatic heterocycles. The van der Waals surface area contributed by atoms with Gasteiger partial charge in [-0.05, 0) is 6.42 Å². The minimum absolute atomic E-state index is 0.0101. The van der Waals surface area contributed by atoms with Gasteiger partial charge in [0.05, 0.1) is 38.2 Å². The number of rotatable bonds is 2. The molecule has 3 aliphatic rings. The maximum Gasteiger partial charge on any atom is 0.472 e. The largest absolute Gasteiger partial charge is 0.472 e. The lowest BCUT2D eigenvalue weighted by atomic mass is 9.95. The number of imidazole rings is 1. The Balaban J connectivity index is 1.16. The van der Waals surface area contributed by atoms with Crippen LogP contribution >= 0.6 is 7.82 Å². The van der Waals surface area contributed by atoms with Crippen LogP contribution in [0, 0.1) is 5.92 Å². The highest BCUT2D eigenvalue weighted by atomic mass is 31.2. The third-order valence-electron chi connectivity index (χ3n) is 7.38. The zero-order valence-electron chi connectivity index (χ0n) is 20.9. The summed E-state index contributed by atoms with van der Waals surface area (Å²) < 4.78 is 44.1. The monoisotopic (exact) mass is 593 g/mol. The Bertz CT molecular complexity index is 1710. The maximum atomic E-state index is 13.1. The molecule has 6 N–H and O–H groups in total. The summed E-state index contributed by atoms with van der Waals surface area (Å²) >= 11 is 0. The topological polar surface area (TPSA) is 257 Å². The number of phosphoric ester groups is 1. The molecule has 7 heterocycles. The Morgan fingerprint density at radius 3 is 2.80 bits per heavy atom. The Labute approximate surface area is 228 Å². The van der Waals surface area contributed by atoms with Crippen molar-refractivity contribution in [3.8, 4) is 0 Å². The molecule has 0 aliphatic carbocycles. The zero-order chi connectivity index (χ0) is 28.5. The van der Waals surface area contributed by atoms with Gasteiger partial charge >= 0.3 is 7.82 Å². The van der Waals surface area contributed by atoms with E-state index in [-0.39, 0.29) is 29.9 Å². The molecule has 3 aliphatic heterocycles. The third-order valence-corrected chi connectivity index (χ3v) is 8.37. The second kappa shape index (κ2) is 9.86. The van der Waals surface area contributed by atoms with Gasteiger partial charge in [0.1, 0.15) is 35.5 Å². The quantitative estimate of drug-likeness (QED) is 0.167. The van der Waals surface area contributed by atoms with Gasteiger partial charge in [-0.2, -0.15) is 5.10 Å². The van der Waals surface area contributed by atoms with Crippen molar-refractivity contribution in [1.82, 2.24) is 39.3 Å². The molecule has 2 unspecified atom stereocenters. The lowest BCUT2D eigenvalue weighted by molar-refractivity contribution is -0.180. The average Bonchev–Trinajstić information content (AvgIpc) is 3.69. The number of ether oxygens (including phenoxy) is 3. The van der Waals surface area contributed by atoms with Crippen molar-refractivity contribution in [3.63, 3.8) is 0 Å². The molecule has 41 heavy (non-hydrogen) atoms. The van der Waals surface area contributed by atoms with Crippen LogP contribution in [0.1, 0.15) is 18.9 Å². The molecule has 2 bridgehead atoms. The van der Waals surface area contributed by atoms with Crippen LogP contribution in [0.5, 0.6) is 0 Å². The van der Waals surface area contributed by atoms with E-state index in [4.69, 9.17) is 29.0 Å². The summed E-state index contributed by atoms with van der Waals surface area (Å²) in [6, 6.07) is 0. The number of H-pyrrole nitrogens is 1. The van der Waals surface area contributed by atoms with Gasteiger partial charge in [0.2, 0.25) is 0 Å². The van der Waals surface area contributed by atoms with Gasteiger partial charge in [-0.3, -0.25) is 18.4 Å². The van der Waals surface area contributed by atoms with Crippen LogP contribution in [0.3, 0.4) is 0 Å². The van der Waals surface area contributed by atoms with Crippen molar-refractivity contribution in [1.29, 1.82) is 0 Å². The van der Waals surface area contributed by atoms with Crippen molar-refractivity contribution >= 4 is 35.8 Å². The van der Waals surface area contributed by atoms with Crippen LogP contribution in [-0.2, 0) is 27.8 Å². The Morgan fingerprint density at radius 1 is 1.10 bits per heavy atom. The smallest absolute Gasteiger partial charge is 0.388 e. The van der Waals surface area contributed by atoms with Crippen molar-refractivity contribution < 1.29 is 42.9 Å². The van der Waals surface area contributed by atoms with Crippen LogP contribution in [-0.4, -0.2) is 98.3 Å². The van der Waals surface area contributed by atoms with E-state index in [2.05, 4.69) is 30.0 Å². The summed E-state index contributed by atoms with van der Waals surface area (Å²) in [7, 11) is -4.87. The number of nitrogen functional groups attached to an aromatic ring is 1. The predicted molar refractivity (Wildman–Crippen MR) is 132 cm³/mol. The Kier molecular flexibility index (Phi) is 6.38. The molecule has 218 valence electrons. The summed E-state index contributed by atoms with van der Waals surface area (Å²) in [5.74, 6) is -0.493. The average molecular weight is 593 g/mol. The minimum atomic E-state index is -4.87. The minimum Gasteiger partial charge on any atom is -0.388 e. The van der Waals surface area contributed by atoms with E-state index >= 15 is 0 Å². The highest BCUT2D eigenvalue weighted by Crippen LogP contribution is 2.51. The van der Waals surface area contributed by atoms with Gasteiger partial charge in [0.15, 0.2) is 35.9 Å². The normalized spacial score (nSPS) is 36.3. The van der Waals surface area contributed by atoms with E-state index in [1.54, 1.807) is 0 Å². The molecule has 0 amide bonds. The number of nitrogens with zero attached hydrogens (tertiary/aromatic N) is 7. The van der Waals surface area contributed by atoms with Crippen molar-refractivity contribution in [2.24, 2.45) is 5.92 Å². The summed E-state index contributed by atoms with van der Waals surface area (Å²) in [5, 5.41) is 26.4. The number of aliphatic hydroxyl groups excluding tert-OH is 2. The molecule has 19 nitrogen and oxygen atoms in total. The summed E-state index contributed by atoms with van der Waals surface area (Å²) in [6.45, 7) is -0.459. The standard InChI is InChI=1S/C21H24N9O10P/c22-15-11-17(25-5-23-15)29(7-27-11)19-12(31)8-1-2-36-21-13(32)14(40-41(34,35)37-4-10(8)38-19)20(39-21)30-16-9(3-28-30)18(33)26-6-24-16/h3,5-8,10,12-14,19-21,31-32H,1-2,4H2,(H,34,35)(H2,22,23,25)(H,24,26,33)/t8-,10-,12-,13+,14-,19-,20-,21?/m1/s1. The number of hydrogen-bond acceptors (Lipinski definition) is 15. The van der Waals surface area contributed by atoms with Gasteiger partial charge in [-0.15, -0.1) is 0 Å². The molecule has 0 aromatic carbocycles. The third kappa shape index (κ3) is 4.42. The molecule has 9 atom stereocenters. The first-order chi connectivity index (χ1) is 19.7. The molecule has 0 spiro atoms.